The van der Waals surface area contributed by atoms with Crippen molar-refractivity contribution in [3.63, 3.8) is 0 Å². The molecule has 0 aromatic heterocycles. The monoisotopic (exact) mass is 224 g/mol. The highest BCUT2D eigenvalue weighted by Gasteiger charge is 2.37. The van der Waals surface area contributed by atoms with Crippen LogP contribution < -0.4 is 5.32 Å². The van der Waals surface area contributed by atoms with Gasteiger partial charge in [0.2, 0.25) is 5.91 Å². The van der Waals surface area contributed by atoms with Crippen LogP contribution in [0.4, 0.5) is 0 Å². The standard InChI is InChI=1S/C13H24N2O/c1-13(2)8-5-4-6-11(13)14-10-7-9-15(3)12(10)16/h10-11,14H,4-9H2,1-3H3. The van der Waals surface area contributed by atoms with Crippen molar-refractivity contribution < 1.29 is 4.79 Å². The zero-order chi connectivity index (χ0) is 11.8. The first-order valence-corrected chi connectivity index (χ1v) is 6.52. The van der Waals surface area contributed by atoms with Gasteiger partial charge < -0.3 is 10.2 Å². The lowest BCUT2D eigenvalue weighted by molar-refractivity contribution is -0.128. The third-order valence-electron chi connectivity index (χ3n) is 4.34. The normalized spacial score (nSPS) is 34.4. The fraction of sp³-hybridized carbons (Fsp3) is 0.923. The lowest BCUT2D eigenvalue weighted by atomic mass is 9.73. The maximum absolute atomic E-state index is 11.9. The van der Waals surface area contributed by atoms with Crippen LogP contribution >= 0.6 is 0 Å². The zero-order valence-electron chi connectivity index (χ0n) is 10.8. The molecular weight excluding hydrogens is 200 g/mol. The van der Waals surface area contributed by atoms with Crippen molar-refractivity contribution in [1.29, 1.82) is 0 Å². The van der Waals surface area contributed by atoms with Gasteiger partial charge >= 0.3 is 0 Å². The van der Waals surface area contributed by atoms with E-state index in [0.717, 1.165) is 13.0 Å². The molecule has 1 heterocycles. The third-order valence-corrected chi connectivity index (χ3v) is 4.34. The van der Waals surface area contributed by atoms with Crippen molar-refractivity contribution >= 4 is 5.91 Å². The first-order valence-electron chi connectivity index (χ1n) is 6.52. The van der Waals surface area contributed by atoms with E-state index >= 15 is 0 Å². The third kappa shape index (κ3) is 2.24. The van der Waals surface area contributed by atoms with Crippen LogP contribution in [0.1, 0.15) is 46.0 Å². The van der Waals surface area contributed by atoms with Crippen LogP contribution in [0.25, 0.3) is 0 Å². The summed E-state index contributed by atoms with van der Waals surface area (Å²) in [5.74, 6) is 0.279. The van der Waals surface area contributed by atoms with E-state index in [9.17, 15) is 4.79 Å². The Balaban J connectivity index is 1.96. The highest BCUT2D eigenvalue weighted by atomic mass is 16.2. The molecule has 16 heavy (non-hydrogen) atoms. The molecule has 92 valence electrons. The van der Waals surface area contributed by atoms with Gasteiger partial charge in [-0.15, -0.1) is 0 Å². The molecule has 0 spiro atoms. The molecule has 1 saturated carbocycles. The van der Waals surface area contributed by atoms with Crippen LogP contribution in [-0.4, -0.2) is 36.5 Å². The maximum atomic E-state index is 11.9. The topological polar surface area (TPSA) is 32.3 Å². The Hall–Kier alpha value is -0.570. The largest absolute Gasteiger partial charge is 0.344 e. The lowest BCUT2D eigenvalue weighted by Gasteiger charge is -2.40. The summed E-state index contributed by atoms with van der Waals surface area (Å²) in [5.41, 5.74) is 0.347. The minimum absolute atomic E-state index is 0.0763. The van der Waals surface area contributed by atoms with Crippen molar-refractivity contribution in [2.24, 2.45) is 5.41 Å². The molecule has 1 aliphatic heterocycles. The number of rotatable bonds is 2. The number of amides is 1. The minimum Gasteiger partial charge on any atom is -0.344 e. The average Bonchev–Trinajstić information content (AvgIpc) is 2.53. The molecular formula is C13H24N2O. The first-order chi connectivity index (χ1) is 7.50. The van der Waals surface area contributed by atoms with Crippen LogP contribution in [0.5, 0.6) is 0 Å². The molecule has 2 fully saturated rings. The van der Waals surface area contributed by atoms with Gasteiger partial charge in [0.1, 0.15) is 0 Å². The van der Waals surface area contributed by atoms with E-state index in [4.69, 9.17) is 0 Å². The van der Waals surface area contributed by atoms with Gasteiger partial charge in [-0.05, 0) is 24.7 Å². The second-order valence-corrected chi connectivity index (χ2v) is 6.05. The quantitative estimate of drug-likeness (QED) is 0.775. The Morgan fingerprint density at radius 2 is 2.06 bits per heavy atom. The molecule has 2 rings (SSSR count). The number of likely N-dealkylation sites (tertiary alicyclic amines) is 1. The summed E-state index contributed by atoms with van der Waals surface area (Å²) >= 11 is 0. The molecule has 1 N–H and O–H groups in total. The average molecular weight is 224 g/mol. The van der Waals surface area contributed by atoms with Crippen molar-refractivity contribution in [2.75, 3.05) is 13.6 Å². The molecule has 2 aliphatic rings. The second kappa shape index (κ2) is 4.36. The minimum atomic E-state index is 0.0763. The van der Waals surface area contributed by atoms with E-state index in [-0.39, 0.29) is 11.9 Å². The first kappa shape index (κ1) is 11.9. The number of nitrogens with one attached hydrogen (secondary N) is 1. The SMILES string of the molecule is CN1CCC(NC2CCCCC2(C)C)C1=O. The Labute approximate surface area is 98.6 Å². The van der Waals surface area contributed by atoms with Gasteiger partial charge in [0.15, 0.2) is 0 Å². The zero-order valence-corrected chi connectivity index (χ0v) is 10.8. The molecule has 0 bridgehead atoms. The summed E-state index contributed by atoms with van der Waals surface area (Å²) in [6.07, 6.45) is 6.12. The summed E-state index contributed by atoms with van der Waals surface area (Å²) in [4.78, 5) is 13.7. The number of carbonyl (C=O) groups excluding carboxylic acids is 1. The van der Waals surface area contributed by atoms with Gasteiger partial charge in [0.25, 0.3) is 0 Å². The van der Waals surface area contributed by atoms with E-state index in [2.05, 4.69) is 19.2 Å². The maximum Gasteiger partial charge on any atom is 0.239 e. The molecule has 0 radical (unpaired) electrons. The number of hydrogen-bond donors (Lipinski definition) is 1. The fourth-order valence-corrected chi connectivity index (χ4v) is 3.02. The predicted molar refractivity (Wildman–Crippen MR) is 65.2 cm³/mol. The highest BCUT2D eigenvalue weighted by Crippen LogP contribution is 2.36. The van der Waals surface area contributed by atoms with Crippen LogP contribution in [0.15, 0.2) is 0 Å². The van der Waals surface area contributed by atoms with Crippen LogP contribution in [0.2, 0.25) is 0 Å². The Morgan fingerprint density at radius 3 is 2.62 bits per heavy atom. The van der Waals surface area contributed by atoms with E-state index in [1.165, 1.54) is 25.7 Å². The number of likely N-dealkylation sites (N-methyl/N-ethyl adjacent to an activating group) is 1. The van der Waals surface area contributed by atoms with Gasteiger partial charge in [-0.25, -0.2) is 0 Å². The summed E-state index contributed by atoms with van der Waals surface area (Å²) in [7, 11) is 1.90. The van der Waals surface area contributed by atoms with Gasteiger partial charge in [-0.3, -0.25) is 4.79 Å². The number of carbonyl (C=O) groups is 1. The van der Waals surface area contributed by atoms with Gasteiger partial charge in [0, 0.05) is 19.6 Å². The van der Waals surface area contributed by atoms with Crippen molar-refractivity contribution in [3.8, 4) is 0 Å². The fourth-order valence-electron chi connectivity index (χ4n) is 3.02. The molecule has 3 heteroatoms. The van der Waals surface area contributed by atoms with Crippen LogP contribution in [0, 0.1) is 5.41 Å². The Morgan fingerprint density at radius 1 is 1.31 bits per heavy atom. The summed E-state index contributed by atoms with van der Waals surface area (Å²) < 4.78 is 0. The molecule has 2 atom stereocenters. The molecule has 0 aromatic carbocycles. The van der Waals surface area contributed by atoms with E-state index in [1.54, 1.807) is 0 Å². The molecule has 1 aliphatic carbocycles. The van der Waals surface area contributed by atoms with E-state index in [1.807, 2.05) is 11.9 Å². The second-order valence-electron chi connectivity index (χ2n) is 6.05. The Bertz CT molecular complexity index is 275. The number of hydrogen-bond acceptors (Lipinski definition) is 2. The molecule has 1 saturated heterocycles. The lowest BCUT2D eigenvalue weighted by Crippen LogP contribution is -2.50. The van der Waals surface area contributed by atoms with Crippen LogP contribution in [-0.2, 0) is 4.79 Å². The van der Waals surface area contributed by atoms with Crippen molar-refractivity contribution in [3.05, 3.63) is 0 Å². The van der Waals surface area contributed by atoms with Gasteiger partial charge in [-0.2, -0.15) is 0 Å². The van der Waals surface area contributed by atoms with E-state index < -0.39 is 0 Å². The highest BCUT2D eigenvalue weighted by molar-refractivity contribution is 5.83. The molecule has 3 nitrogen and oxygen atoms in total. The van der Waals surface area contributed by atoms with Gasteiger partial charge in [-0.1, -0.05) is 26.7 Å². The molecule has 1 amide bonds. The van der Waals surface area contributed by atoms with Crippen LogP contribution in [0.3, 0.4) is 0 Å². The summed E-state index contributed by atoms with van der Waals surface area (Å²) in [6.45, 7) is 5.56. The predicted octanol–water partition coefficient (Wildman–Crippen LogP) is 1.78. The molecule has 2 unspecified atom stereocenters. The van der Waals surface area contributed by atoms with Crippen molar-refractivity contribution in [2.45, 2.75) is 58.0 Å². The smallest absolute Gasteiger partial charge is 0.239 e. The summed E-state index contributed by atoms with van der Waals surface area (Å²) in [5, 5.41) is 3.60. The van der Waals surface area contributed by atoms with Crippen molar-refractivity contribution in [1.82, 2.24) is 10.2 Å². The molecule has 0 aromatic rings. The number of nitrogens with zero attached hydrogens (tertiary/aromatic N) is 1. The Kier molecular flexibility index (Phi) is 3.24. The van der Waals surface area contributed by atoms with E-state index in [0.29, 0.717) is 11.5 Å². The van der Waals surface area contributed by atoms with Gasteiger partial charge in [0.05, 0.1) is 6.04 Å². The summed E-state index contributed by atoms with van der Waals surface area (Å²) in [6, 6.07) is 0.592.